The first-order valence-corrected chi connectivity index (χ1v) is 11.5. The van der Waals surface area contributed by atoms with Crippen LogP contribution in [0.5, 0.6) is 0 Å². The second kappa shape index (κ2) is 6.49. The first kappa shape index (κ1) is 13.8. The van der Waals surface area contributed by atoms with E-state index in [-0.39, 0.29) is 0 Å². The molecule has 2 rings (SSSR count). The number of rotatable bonds is 0. The quantitative estimate of drug-likeness (QED) is 0.540. The molecule has 4 heteroatoms. The van der Waals surface area contributed by atoms with Crippen molar-refractivity contribution in [1.82, 2.24) is 0 Å². The van der Waals surface area contributed by atoms with Crippen LogP contribution in [0.3, 0.4) is 0 Å². The Labute approximate surface area is 117 Å². The average molecular weight is 384 g/mol. The maximum absolute atomic E-state index is 4.93. The van der Waals surface area contributed by atoms with Crippen LogP contribution in [0, 0.1) is 13.8 Å². The van der Waals surface area contributed by atoms with E-state index in [9.17, 15) is 0 Å². The van der Waals surface area contributed by atoms with Crippen LogP contribution in [0.25, 0.3) is 10.8 Å². The summed E-state index contributed by atoms with van der Waals surface area (Å²) < 4.78 is 1.23. The molecule has 0 heterocycles. The Hall–Kier alpha value is 0.773. The van der Waals surface area contributed by atoms with Crippen molar-refractivity contribution in [2.75, 3.05) is 0 Å². The Morgan fingerprint density at radius 1 is 1.27 bits per heavy atom. The molecule has 0 unspecified atom stereocenters. The van der Waals surface area contributed by atoms with Crippen LogP contribution < -0.4 is 0 Å². The summed E-state index contributed by atoms with van der Waals surface area (Å²) >= 11 is 2.77. The first-order chi connectivity index (χ1) is 7.10. The van der Waals surface area contributed by atoms with Gasteiger partial charge in [0, 0.05) is 0 Å². The van der Waals surface area contributed by atoms with Gasteiger partial charge in [0.1, 0.15) is 0 Å². The summed E-state index contributed by atoms with van der Waals surface area (Å²) in [5.41, 5.74) is 2.63. The number of hydrogen-bond donors (Lipinski definition) is 0. The van der Waals surface area contributed by atoms with Crippen molar-refractivity contribution in [3.63, 3.8) is 0 Å². The van der Waals surface area contributed by atoms with Crippen molar-refractivity contribution in [2.45, 2.75) is 13.8 Å². The molecule has 0 bridgehead atoms. The van der Waals surface area contributed by atoms with Gasteiger partial charge in [0.25, 0.3) is 0 Å². The molecule has 0 aliphatic carbocycles. The molecule has 0 fully saturated rings. The molecule has 0 aliphatic rings. The van der Waals surface area contributed by atoms with E-state index in [1.54, 1.807) is 0 Å². The fraction of sp³-hybridized carbons (Fsp3) is 0.182. The van der Waals surface area contributed by atoms with E-state index in [4.69, 9.17) is 17.0 Å². The molecule has 0 aliphatic heterocycles. The van der Waals surface area contributed by atoms with Gasteiger partial charge in [-0.3, -0.25) is 0 Å². The van der Waals surface area contributed by atoms with Crippen molar-refractivity contribution in [3.8, 4) is 0 Å². The van der Waals surface area contributed by atoms with E-state index in [1.165, 1.54) is 26.4 Å². The third-order valence-electron chi connectivity index (χ3n) is 2.16. The van der Waals surface area contributed by atoms with E-state index in [1.807, 2.05) is 0 Å². The van der Waals surface area contributed by atoms with Gasteiger partial charge in [-0.15, -0.1) is 34.5 Å². The molecule has 80 valence electrons. The topological polar surface area (TPSA) is 0 Å². The number of hydrogen-bond acceptors (Lipinski definition) is 0. The van der Waals surface area contributed by atoms with Gasteiger partial charge in [0.05, 0.1) is 0 Å². The zero-order valence-corrected chi connectivity index (χ0v) is 14.0. The number of aryl methyl sites for hydroxylation is 2. The Morgan fingerprint density at radius 2 is 1.87 bits per heavy atom. The molecular weight excluding hydrogens is 374 g/mol. The normalized spacial score (nSPS) is 9.67. The Bertz CT molecular complexity index is 451. The molecular formula is C11H10BrCl2Zr-. The summed E-state index contributed by atoms with van der Waals surface area (Å²) in [5, 5.41) is 2.65. The van der Waals surface area contributed by atoms with Crippen molar-refractivity contribution in [3.05, 3.63) is 39.9 Å². The SMILES string of the molecule is Cc1cc2c(Br)c(C)ccc2[cH-]1.[Cl][Zr][Cl]. The van der Waals surface area contributed by atoms with Crippen molar-refractivity contribution in [1.29, 1.82) is 0 Å². The van der Waals surface area contributed by atoms with Crippen LogP contribution in [0.15, 0.2) is 28.7 Å². The molecule has 2 aromatic rings. The molecule has 0 saturated carbocycles. The summed E-state index contributed by atoms with van der Waals surface area (Å²) in [6.45, 7) is 4.24. The van der Waals surface area contributed by atoms with E-state index in [0.717, 1.165) is 0 Å². The number of halogens is 3. The molecule has 0 aromatic heterocycles. The second-order valence-corrected chi connectivity index (χ2v) is 7.83. The van der Waals surface area contributed by atoms with E-state index < -0.39 is 20.8 Å². The van der Waals surface area contributed by atoms with E-state index in [2.05, 4.69) is 54.0 Å². The van der Waals surface area contributed by atoms with Crippen molar-refractivity contribution < 1.29 is 20.8 Å². The monoisotopic (exact) mass is 381 g/mol. The Kier molecular flexibility index (Phi) is 5.99. The van der Waals surface area contributed by atoms with Crippen LogP contribution in [0.4, 0.5) is 0 Å². The third kappa shape index (κ3) is 3.63. The van der Waals surface area contributed by atoms with Crippen molar-refractivity contribution >= 4 is 43.7 Å². The minimum absolute atomic E-state index is 0.826. The summed E-state index contributed by atoms with van der Waals surface area (Å²) in [4.78, 5) is 0. The molecule has 2 aromatic carbocycles. The Morgan fingerprint density at radius 3 is 2.47 bits per heavy atom. The second-order valence-electron chi connectivity index (χ2n) is 3.30. The van der Waals surface area contributed by atoms with Gasteiger partial charge >= 0.3 is 37.9 Å². The Balaban J connectivity index is 0.000000337. The standard InChI is InChI=1S/C11H10Br.2ClH.Zr/c1-7-5-9-4-3-8(2)11(12)10(9)6-7;;;/h3-6H,1-2H3;2*1H;/q-1;;;+2/p-2. The summed E-state index contributed by atoms with van der Waals surface area (Å²) in [6, 6.07) is 8.74. The molecule has 0 atom stereocenters. The molecule has 0 nitrogen and oxygen atoms in total. The summed E-state index contributed by atoms with van der Waals surface area (Å²) in [5.74, 6) is 0. The molecule has 15 heavy (non-hydrogen) atoms. The average Bonchev–Trinajstić information content (AvgIpc) is 2.55. The first-order valence-electron chi connectivity index (χ1n) is 4.38. The molecule has 0 radical (unpaired) electrons. The van der Waals surface area contributed by atoms with E-state index in [0.29, 0.717) is 0 Å². The third-order valence-corrected chi connectivity index (χ3v) is 3.21. The van der Waals surface area contributed by atoms with Gasteiger partial charge in [-0.05, 0) is 11.4 Å². The minimum atomic E-state index is -0.826. The zero-order valence-electron chi connectivity index (χ0n) is 8.44. The molecule has 0 N–H and O–H groups in total. The van der Waals surface area contributed by atoms with Gasteiger partial charge in [-0.2, -0.15) is 6.07 Å². The van der Waals surface area contributed by atoms with Crippen LogP contribution in [-0.2, 0) is 20.8 Å². The van der Waals surface area contributed by atoms with Gasteiger partial charge in [0.15, 0.2) is 0 Å². The van der Waals surface area contributed by atoms with Gasteiger partial charge in [0.2, 0.25) is 0 Å². The fourth-order valence-electron chi connectivity index (χ4n) is 1.50. The maximum atomic E-state index is 4.93. The fourth-order valence-corrected chi connectivity index (χ4v) is 1.98. The number of benzene rings is 1. The van der Waals surface area contributed by atoms with Crippen LogP contribution >= 0.6 is 33.0 Å². The van der Waals surface area contributed by atoms with Crippen LogP contribution in [0.1, 0.15) is 11.1 Å². The van der Waals surface area contributed by atoms with Crippen LogP contribution in [0.2, 0.25) is 0 Å². The molecule has 0 amide bonds. The van der Waals surface area contributed by atoms with Gasteiger partial charge < -0.3 is 0 Å². The van der Waals surface area contributed by atoms with E-state index >= 15 is 0 Å². The molecule has 0 saturated heterocycles. The molecule has 0 spiro atoms. The van der Waals surface area contributed by atoms with Crippen molar-refractivity contribution in [2.24, 2.45) is 0 Å². The predicted octanol–water partition coefficient (Wildman–Crippen LogP) is 5.31. The van der Waals surface area contributed by atoms with Gasteiger partial charge in [-0.25, -0.2) is 0 Å². The summed E-state index contributed by atoms with van der Waals surface area (Å²) in [7, 11) is 9.87. The van der Waals surface area contributed by atoms with Crippen LogP contribution in [-0.4, -0.2) is 0 Å². The summed E-state index contributed by atoms with van der Waals surface area (Å²) in [6.07, 6.45) is 0. The predicted molar refractivity (Wildman–Crippen MR) is 68.4 cm³/mol. The number of fused-ring (bicyclic) bond motifs is 1. The zero-order chi connectivity index (χ0) is 11.4. The van der Waals surface area contributed by atoms with Gasteiger partial charge in [-0.1, -0.05) is 28.4 Å².